The second-order valence-electron chi connectivity index (χ2n) is 3.21. The summed E-state index contributed by atoms with van der Waals surface area (Å²) >= 11 is 0. The first-order valence-corrected chi connectivity index (χ1v) is 5.00. The standard InChI is InChI=1S/C11H16N2O2/c1-2-3-8-15-11-6-4-10(5-7-11)13(12)9-14/h4-7,9H,2-3,8,12H2,1H3. The zero-order valence-corrected chi connectivity index (χ0v) is 8.85. The summed E-state index contributed by atoms with van der Waals surface area (Å²) in [5, 5.41) is 1.02. The normalized spacial score (nSPS) is 9.73. The summed E-state index contributed by atoms with van der Waals surface area (Å²) < 4.78 is 5.47. The van der Waals surface area contributed by atoms with E-state index in [1.165, 1.54) is 0 Å². The Balaban J connectivity index is 2.52. The Morgan fingerprint density at radius 1 is 1.40 bits per heavy atom. The van der Waals surface area contributed by atoms with Gasteiger partial charge in [0.1, 0.15) is 5.75 Å². The summed E-state index contributed by atoms with van der Waals surface area (Å²) in [5.74, 6) is 6.19. The van der Waals surface area contributed by atoms with Gasteiger partial charge in [0, 0.05) is 0 Å². The molecular formula is C11H16N2O2. The number of nitrogens with zero attached hydrogens (tertiary/aromatic N) is 1. The Bertz CT molecular complexity index is 298. The van der Waals surface area contributed by atoms with Crippen molar-refractivity contribution < 1.29 is 9.53 Å². The Morgan fingerprint density at radius 3 is 2.60 bits per heavy atom. The van der Waals surface area contributed by atoms with Gasteiger partial charge in [0.15, 0.2) is 0 Å². The van der Waals surface area contributed by atoms with Gasteiger partial charge in [0.05, 0.1) is 12.3 Å². The highest BCUT2D eigenvalue weighted by molar-refractivity contribution is 5.73. The molecular weight excluding hydrogens is 192 g/mol. The van der Waals surface area contributed by atoms with Crippen LogP contribution in [0.4, 0.5) is 5.69 Å². The minimum absolute atomic E-state index is 0.562. The lowest BCUT2D eigenvalue weighted by molar-refractivity contribution is -0.107. The van der Waals surface area contributed by atoms with E-state index in [0.717, 1.165) is 30.2 Å². The minimum Gasteiger partial charge on any atom is -0.494 e. The number of ether oxygens (including phenoxy) is 1. The summed E-state index contributed by atoms with van der Waals surface area (Å²) in [6.07, 6.45) is 2.71. The van der Waals surface area contributed by atoms with E-state index in [2.05, 4.69) is 6.92 Å². The van der Waals surface area contributed by atoms with Crippen LogP contribution in [-0.2, 0) is 4.79 Å². The molecule has 0 bridgehead atoms. The van der Waals surface area contributed by atoms with Crippen LogP contribution in [0.3, 0.4) is 0 Å². The van der Waals surface area contributed by atoms with Crippen LogP contribution >= 0.6 is 0 Å². The van der Waals surface area contributed by atoms with Crippen LogP contribution in [0.15, 0.2) is 24.3 Å². The van der Waals surface area contributed by atoms with Gasteiger partial charge in [-0.1, -0.05) is 13.3 Å². The Hall–Kier alpha value is -1.55. The van der Waals surface area contributed by atoms with Crippen molar-refractivity contribution in [3.8, 4) is 5.75 Å². The number of hydrogen-bond donors (Lipinski definition) is 1. The van der Waals surface area contributed by atoms with Crippen molar-refractivity contribution in [3.05, 3.63) is 24.3 Å². The number of unbranched alkanes of at least 4 members (excludes halogenated alkanes) is 1. The molecule has 4 heteroatoms. The van der Waals surface area contributed by atoms with Crippen molar-refractivity contribution in [1.82, 2.24) is 0 Å². The summed E-state index contributed by atoms with van der Waals surface area (Å²) in [7, 11) is 0. The van der Waals surface area contributed by atoms with E-state index in [1.807, 2.05) is 0 Å². The maximum absolute atomic E-state index is 10.4. The van der Waals surface area contributed by atoms with Crippen LogP contribution in [0.2, 0.25) is 0 Å². The van der Waals surface area contributed by atoms with E-state index in [4.69, 9.17) is 10.6 Å². The molecule has 15 heavy (non-hydrogen) atoms. The molecule has 0 aliphatic heterocycles. The highest BCUT2D eigenvalue weighted by atomic mass is 16.5. The predicted molar refractivity (Wildman–Crippen MR) is 59.6 cm³/mol. The summed E-state index contributed by atoms with van der Waals surface area (Å²) in [6.45, 7) is 2.83. The topological polar surface area (TPSA) is 55.6 Å². The third-order valence-electron chi connectivity index (χ3n) is 2.02. The third kappa shape index (κ3) is 3.59. The maximum Gasteiger partial charge on any atom is 0.228 e. The maximum atomic E-state index is 10.4. The number of rotatable bonds is 6. The van der Waals surface area contributed by atoms with E-state index in [1.54, 1.807) is 24.3 Å². The first kappa shape index (κ1) is 11.5. The Kier molecular flexibility index (Phi) is 4.63. The van der Waals surface area contributed by atoms with Gasteiger partial charge in [0.25, 0.3) is 0 Å². The Morgan fingerprint density at radius 2 is 2.07 bits per heavy atom. The molecule has 0 saturated heterocycles. The fourth-order valence-electron chi connectivity index (χ4n) is 1.11. The van der Waals surface area contributed by atoms with Crippen molar-refractivity contribution in [2.24, 2.45) is 5.84 Å². The highest BCUT2D eigenvalue weighted by Gasteiger charge is 1.99. The highest BCUT2D eigenvalue weighted by Crippen LogP contribution is 2.17. The zero-order valence-electron chi connectivity index (χ0n) is 8.85. The zero-order chi connectivity index (χ0) is 11.1. The van der Waals surface area contributed by atoms with Crippen LogP contribution in [0.25, 0.3) is 0 Å². The van der Waals surface area contributed by atoms with E-state index in [-0.39, 0.29) is 0 Å². The summed E-state index contributed by atoms with van der Waals surface area (Å²) in [4.78, 5) is 10.4. The van der Waals surface area contributed by atoms with Crippen molar-refractivity contribution in [1.29, 1.82) is 0 Å². The number of benzene rings is 1. The lowest BCUT2D eigenvalue weighted by atomic mass is 10.3. The van der Waals surface area contributed by atoms with Gasteiger partial charge < -0.3 is 4.74 Å². The number of hydrogen-bond acceptors (Lipinski definition) is 3. The predicted octanol–water partition coefficient (Wildman–Crippen LogP) is 1.70. The van der Waals surface area contributed by atoms with E-state index in [0.29, 0.717) is 12.1 Å². The van der Waals surface area contributed by atoms with Crippen LogP contribution < -0.4 is 15.6 Å². The van der Waals surface area contributed by atoms with Gasteiger partial charge in [-0.25, -0.2) is 5.84 Å². The molecule has 0 unspecified atom stereocenters. The molecule has 0 saturated carbocycles. The molecule has 82 valence electrons. The van der Waals surface area contributed by atoms with E-state index in [9.17, 15) is 4.79 Å². The van der Waals surface area contributed by atoms with Crippen molar-refractivity contribution in [2.45, 2.75) is 19.8 Å². The summed E-state index contributed by atoms with van der Waals surface area (Å²) in [6, 6.07) is 7.09. The van der Waals surface area contributed by atoms with Crippen molar-refractivity contribution in [3.63, 3.8) is 0 Å². The van der Waals surface area contributed by atoms with Gasteiger partial charge in [0.2, 0.25) is 6.41 Å². The second kappa shape index (κ2) is 6.03. The van der Waals surface area contributed by atoms with Crippen molar-refractivity contribution in [2.75, 3.05) is 11.6 Å². The van der Waals surface area contributed by atoms with Gasteiger partial charge in [-0.05, 0) is 30.7 Å². The number of anilines is 1. The second-order valence-corrected chi connectivity index (χ2v) is 3.21. The van der Waals surface area contributed by atoms with Gasteiger partial charge in [-0.2, -0.15) is 0 Å². The molecule has 1 aromatic carbocycles. The molecule has 0 aliphatic rings. The number of nitrogens with two attached hydrogens (primary N) is 1. The molecule has 0 aliphatic carbocycles. The van der Waals surface area contributed by atoms with Crippen LogP contribution in [0.5, 0.6) is 5.75 Å². The first-order valence-electron chi connectivity index (χ1n) is 5.00. The fourth-order valence-corrected chi connectivity index (χ4v) is 1.11. The minimum atomic E-state index is 0.562. The molecule has 4 nitrogen and oxygen atoms in total. The molecule has 0 aromatic heterocycles. The molecule has 1 amide bonds. The average molecular weight is 208 g/mol. The SMILES string of the molecule is CCCCOc1ccc(N(N)C=O)cc1. The number of carbonyl (C=O) groups is 1. The summed E-state index contributed by atoms with van der Waals surface area (Å²) in [5.41, 5.74) is 0.646. The monoisotopic (exact) mass is 208 g/mol. The molecule has 2 N–H and O–H groups in total. The first-order chi connectivity index (χ1) is 7.27. The molecule has 1 rings (SSSR count). The van der Waals surface area contributed by atoms with E-state index >= 15 is 0 Å². The lowest BCUT2D eigenvalue weighted by Crippen LogP contribution is -2.28. The van der Waals surface area contributed by atoms with Gasteiger partial charge >= 0.3 is 0 Å². The van der Waals surface area contributed by atoms with E-state index < -0.39 is 0 Å². The number of amides is 1. The third-order valence-corrected chi connectivity index (χ3v) is 2.02. The van der Waals surface area contributed by atoms with Gasteiger partial charge in [-0.3, -0.25) is 9.80 Å². The number of hydrazine groups is 1. The Labute approximate surface area is 89.6 Å². The number of carbonyl (C=O) groups excluding carboxylic acids is 1. The van der Waals surface area contributed by atoms with Gasteiger partial charge in [-0.15, -0.1) is 0 Å². The van der Waals surface area contributed by atoms with Crippen LogP contribution in [-0.4, -0.2) is 13.0 Å². The smallest absolute Gasteiger partial charge is 0.228 e. The molecule has 1 aromatic rings. The lowest BCUT2D eigenvalue weighted by Gasteiger charge is -2.11. The fraction of sp³-hybridized carbons (Fsp3) is 0.364. The molecule has 0 radical (unpaired) electrons. The molecule has 0 heterocycles. The molecule has 0 fully saturated rings. The quantitative estimate of drug-likeness (QED) is 0.254. The van der Waals surface area contributed by atoms with Crippen LogP contribution in [0.1, 0.15) is 19.8 Å². The largest absolute Gasteiger partial charge is 0.494 e. The van der Waals surface area contributed by atoms with Crippen LogP contribution in [0, 0.1) is 0 Å². The molecule has 0 atom stereocenters. The molecule has 0 spiro atoms. The average Bonchev–Trinajstić information content (AvgIpc) is 2.29. The van der Waals surface area contributed by atoms with Crippen molar-refractivity contribution >= 4 is 12.1 Å².